The van der Waals surface area contributed by atoms with E-state index in [0.29, 0.717) is 0 Å². The molecule has 2 aliphatic rings. The van der Waals surface area contributed by atoms with Gasteiger partial charge in [-0.15, -0.1) is 0 Å². The van der Waals surface area contributed by atoms with E-state index in [1.165, 1.54) is 67.0 Å². The number of benzene rings is 10. The minimum atomic E-state index is -0.579. The lowest BCUT2D eigenvalue weighted by Gasteiger charge is -2.45. The Balaban J connectivity index is 1.13. The second-order valence-corrected chi connectivity index (χ2v) is 16.4. The minimum Gasteiger partial charge on any atom is -0.310 e. The standard InChI is InChI=1S/C61H42N2/c1-4-20-43(21-5-1)45-38-40-46(41-39-45)50-28-11-15-34-56(50)63(49-27-18-24-47(42-49)44-22-6-2-7-23-44)59-37-19-33-55-60(59)51-29-10-12-30-52(51)61(55)53-31-13-16-35-57(53)62(48-25-8-3-9-26-48)58-36-17-14-32-54(58)61/h1-42H. The van der Waals surface area contributed by atoms with E-state index in [0.717, 1.165) is 33.9 Å². The minimum absolute atomic E-state index is 0.579. The van der Waals surface area contributed by atoms with Gasteiger partial charge in [0.25, 0.3) is 0 Å². The van der Waals surface area contributed by atoms with Crippen molar-refractivity contribution >= 4 is 34.1 Å². The van der Waals surface area contributed by atoms with Crippen molar-refractivity contribution in [2.45, 2.75) is 5.41 Å². The van der Waals surface area contributed by atoms with Crippen LogP contribution in [0.3, 0.4) is 0 Å². The molecule has 1 heterocycles. The van der Waals surface area contributed by atoms with Crippen LogP contribution in [0.4, 0.5) is 34.1 Å². The molecule has 0 aromatic heterocycles. The average molecular weight is 803 g/mol. The second kappa shape index (κ2) is 15.1. The Morgan fingerprint density at radius 1 is 0.302 bits per heavy atom. The van der Waals surface area contributed by atoms with E-state index in [1.54, 1.807) is 0 Å². The summed E-state index contributed by atoms with van der Waals surface area (Å²) < 4.78 is 0. The molecule has 10 aromatic rings. The summed E-state index contributed by atoms with van der Waals surface area (Å²) in [5.41, 5.74) is 21.0. The summed E-state index contributed by atoms with van der Waals surface area (Å²) in [4.78, 5) is 4.96. The van der Waals surface area contributed by atoms with E-state index in [-0.39, 0.29) is 0 Å². The number of para-hydroxylation sites is 4. The molecule has 12 rings (SSSR count). The highest BCUT2D eigenvalue weighted by Crippen LogP contribution is 2.65. The van der Waals surface area contributed by atoms with Gasteiger partial charge in [0.15, 0.2) is 0 Å². The predicted octanol–water partition coefficient (Wildman–Crippen LogP) is 16.3. The van der Waals surface area contributed by atoms with Crippen LogP contribution in [-0.2, 0) is 5.41 Å². The van der Waals surface area contributed by atoms with E-state index in [9.17, 15) is 0 Å². The van der Waals surface area contributed by atoms with Crippen LogP contribution in [0.1, 0.15) is 22.3 Å². The fourth-order valence-electron chi connectivity index (χ4n) is 10.4. The number of anilines is 6. The Hall–Kier alpha value is -8.20. The third-order valence-electron chi connectivity index (χ3n) is 13.1. The smallest absolute Gasteiger partial charge is 0.0755 e. The van der Waals surface area contributed by atoms with E-state index in [4.69, 9.17) is 0 Å². The number of fused-ring (bicyclic) bond motifs is 9. The quantitative estimate of drug-likeness (QED) is 0.158. The van der Waals surface area contributed by atoms with Crippen molar-refractivity contribution in [2.24, 2.45) is 0 Å². The van der Waals surface area contributed by atoms with Gasteiger partial charge in [-0.2, -0.15) is 0 Å². The van der Waals surface area contributed by atoms with Crippen molar-refractivity contribution in [1.29, 1.82) is 0 Å². The molecule has 0 saturated heterocycles. The van der Waals surface area contributed by atoms with E-state index >= 15 is 0 Å². The van der Waals surface area contributed by atoms with Crippen molar-refractivity contribution in [3.63, 3.8) is 0 Å². The zero-order chi connectivity index (χ0) is 41.7. The number of nitrogens with zero attached hydrogens (tertiary/aromatic N) is 2. The van der Waals surface area contributed by atoms with Crippen molar-refractivity contribution in [2.75, 3.05) is 9.80 Å². The molecule has 2 nitrogen and oxygen atoms in total. The summed E-state index contributed by atoms with van der Waals surface area (Å²) in [5.74, 6) is 0. The number of rotatable bonds is 7. The summed E-state index contributed by atoms with van der Waals surface area (Å²) in [5, 5.41) is 0. The third kappa shape index (κ3) is 5.80. The van der Waals surface area contributed by atoms with Crippen molar-refractivity contribution < 1.29 is 0 Å². The number of hydrogen-bond acceptors (Lipinski definition) is 2. The molecule has 10 aromatic carbocycles. The van der Waals surface area contributed by atoms with Gasteiger partial charge in [-0.25, -0.2) is 0 Å². The molecule has 296 valence electrons. The van der Waals surface area contributed by atoms with Gasteiger partial charge in [0.1, 0.15) is 0 Å². The summed E-state index contributed by atoms with van der Waals surface area (Å²) in [6.07, 6.45) is 0. The molecular formula is C61H42N2. The van der Waals surface area contributed by atoms with E-state index in [1.807, 2.05) is 0 Å². The Morgan fingerprint density at radius 3 is 1.44 bits per heavy atom. The summed E-state index contributed by atoms with van der Waals surface area (Å²) in [6.45, 7) is 0. The zero-order valence-corrected chi connectivity index (χ0v) is 34.6. The fraction of sp³-hybridized carbons (Fsp3) is 0.0164. The third-order valence-corrected chi connectivity index (χ3v) is 13.1. The van der Waals surface area contributed by atoms with Gasteiger partial charge < -0.3 is 9.80 Å². The van der Waals surface area contributed by atoms with Crippen LogP contribution in [0.25, 0.3) is 44.5 Å². The Bertz CT molecular complexity index is 3230. The highest BCUT2D eigenvalue weighted by atomic mass is 15.2. The maximum Gasteiger partial charge on any atom is 0.0755 e. The molecule has 0 bridgehead atoms. The van der Waals surface area contributed by atoms with Crippen LogP contribution < -0.4 is 9.80 Å². The monoisotopic (exact) mass is 802 g/mol. The summed E-state index contributed by atoms with van der Waals surface area (Å²) >= 11 is 0. The average Bonchev–Trinajstić information content (AvgIpc) is 3.66. The molecule has 2 heteroatoms. The van der Waals surface area contributed by atoms with Crippen LogP contribution in [-0.4, -0.2) is 0 Å². The molecule has 0 fully saturated rings. The van der Waals surface area contributed by atoms with Crippen LogP contribution in [0, 0.1) is 0 Å². The van der Waals surface area contributed by atoms with E-state index in [2.05, 4.69) is 265 Å². The van der Waals surface area contributed by atoms with Crippen LogP contribution in [0.5, 0.6) is 0 Å². The molecule has 0 saturated carbocycles. The first-order chi connectivity index (χ1) is 31.3. The molecule has 1 aliphatic heterocycles. The van der Waals surface area contributed by atoms with Gasteiger partial charge in [0.2, 0.25) is 0 Å². The lowest BCUT2D eigenvalue weighted by molar-refractivity contribution is 0.752. The summed E-state index contributed by atoms with van der Waals surface area (Å²) in [7, 11) is 0. The van der Waals surface area contributed by atoms with Crippen LogP contribution >= 0.6 is 0 Å². The Labute approximate surface area is 369 Å². The number of hydrogen-bond donors (Lipinski definition) is 0. The lowest BCUT2D eigenvalue weighted by atomic mass is 9.64. The Morgan fingerprint density at radius 2 is 0.762 bits per heavy atom. The highest BCUT2D eigenvalue weighted by molar-refractivity contribution is 6.02. The van der Waals surface area contributed by atoms with Gasteiger partial charge >= 0.3 is 0 Å². The van der Waals surface area contributed by atoms with Crippen molar-refractivity contribution in [1.82, 2.24) is 0 Å². The molecule has 63 heavy (non-hydrogen) atoms. The molecule has 0 amide bonds. The first kappa shape index (κ1) is 36.6. The molecule has 0 N–H and O–H groups in total. The van der Waals surface area contributed by atoms with Gasteiger partial charge in [-0.05, 0) is 104 Å². The van der Waals surface area contributed by atoms with Crippen LogP contribution in [0.15, 0.2) is 255 Å². The van der Waals surface area contributed by atoms with Crippen LogP contribution in [0.2, 0.25) is 0 Å². The zero-order valence-electron chi connectivity index (χ0n) is 34.6. The normalized spacial score (nSPS) is 12.9. The molecule has 0 atom stereocenters. The highest BCUT2D eigenvalue weighted by Gasteiger charge is 2.52. The van der Waals surface area contributed by atoms with Crippen molar-refractivity contribution in [3.05, 3.63) is 277 Å². The fourth-order valence-corrected chi connectivity index (χ4v) is 10.4. The van der Waals surface area contributed by atoms with Gasteiger partial charge in [-0.1, -0.05) is 206 Å². The molecule has 0 radical (unpaired) electrons. The second-order valence-electron chi connectivity index (χ2n) is 16.4. The topological polar surface area (TPSA) is 6.48 Å². The maximum atomic E-state index is 2.51. The predicted molar refractivity (Wildman–Crippen MR) is 263 cm³/mol. The first-order valence-corrected chi connectivity index (χ1v) is 21.8. The summed E-state index contributed by atoms with van der Waals surface area (Å²) in [6, 6.07) is 93.3. The van der Waals surface area contributed by atoms with Gasteiger partial charge in [0.05, 0.1) is 28.2 Å². The lowest BCUT2D eigenvalue weighted by Crippen LogP contribution is -2.36. The van der Waals surface area contributed by atoms with Gasteiger partial charge in [0, 0.05) is 22.5 Å². The van der Waals surface area contributed by atoms with E-state index < -0.39 is 5.41 Å². The molecular weight excluding hydrogens is 761 g/mol. The molecule has 1 spiro atoms. The molecule has 0 unspecified atom stereocenters. The SMILES string of the molecule is c1ccc(-c2ccc(-c3ccccc3N(c3cccc(-c4ccccc4)c3)c3cccc4c3-c3ccccc3C43c4ccccc4N(c4ccccc4)c4ccccc43)cc2)cc1. The first-order valence-electron chi connectivity index (χ1n) is 21.8. The Kier molecular flexibility index (Phi) is 8.76. The largest absolute Gasteiger partial charge is 0.310 e. The van der Waals surface area contributed by atoms with Gasteiger partial charge in [-0.3, -0.25) is 0 Å². The maximum absolute atomic E-state index is 2.51. The van der Waals surface area contributed by atoms with Crippen molar-refractivity contribution in [3.8, 4) is 44.5 Å². The molecule has 1 aliphatic carbocycles.